The molecule has 0 fully saturated rings. The van der Waals surface area contributed by atoms with E-state index in [2.05, 4.69) is 5.32 Å². The van der Waals surface area contributed by atoms with E-state index >= 15 is 0 Å². The van der Waals surface area contributed by atoms with Crippen LogP contribution < -0.4 is 5.32 Å². The van der Waals surface area contributed by atoms with Crippen LogP contribution in [0.25, 0.3) is 0 Å². The normalized spacial score (nSPS) is 14.4. The highest BCUT2D eigenvalue weighted by molar-refractivity contribution is 5.83. The third kappa shape index (κ3) is 3.85. The summed E-state index contributed by atoms with van der Waals surface area (Å²) < 4.78 is 0. The van der Waals surface area contributed by atoms with Gasteiger partial charge in [0.2, 0.25) is 0 Å². The average molecular weight is 205 g/mol. The maximum absolute atomic E-state index is 10.5. The lowest BCUT2D eigenvalue weighted by Gasteiger charge is -2.16. The van der Waals surface area contributed by atoms with Crippen molar-refractivity contribution < 1.29 is 29.7 Å². The Bertz CT molecular complexity index is 251. The molecule has 0 saturated carbocycles. The number of nitrogens with one attached hydrogen (secondary N) is 1. The van der Waals surface area contributed by atoms with E-state index in [4.69, 9.17) is 15.3 Å². The van der Waals surface area contributed by atoms with Gasteiger partial charge in [-0.1, -0.05) is 0 Å². The maximum atomic E-state index is 10.5. The Kier molecular flexibility index (Phi) is 4.57. The van der Waals surface area contributed by atoms with Crippen molar-refractivity contribution in [3.63, 3.8) is 0 Å². The van der Waals surface area contributed by atoms with Gasteiger partial charge >= 0.3 is 17.9 Å². The molecule has 0 bridgehead atoms. The molecule has 0 aliphatic rings. The summed E-state index contributed by atoms with van der Waals surface area (Å²) in [4.78, 5) is 31.1. The van der Waals surface area contributed by atoms with Gasteiger partial charge in [-0.25, -0.2) is 0 Å². The Morgan fingerprint density at radius 1 is 1.14 bits per heavy atom. The molecule has 7 nitrogen and oxygen atoms in total. The molecule has 0 radical (unpaired) electrons. The first-order valence-corrected chi connectivity index (χ1v) is 3.77. The zero-order valence-corrected chi connectivity index (χ0v) is 7.43. The molecule has 4 N–H and O–H groups in total. The monoisotopic (exact) mass is 205 g/mol. The molecule has 0 saturated heterocycles. The van der Waals surface area contributed by atoms with Gasteiger partial charge in [-0.15, -0.1) is 0 Å². The Morgan fingerprint density at radius 3 is 1.93 bits per heavy atom. The lowest BCUT2D eigenvalue weighted by molar-refractivity contribution is -0.150. The van der Waals surface area contributed by atoms with E-state index in [1.807, 2.05) is 0 Å². The molecule has 0 aromatic heterocycles. The van der Waals surface area contributed by atoms with Crippen molar-refractivity contribution in [2.45, 2.75) is 13.0 Å². The van der Waals surface area contributed by atoms with Crippen molar-refractivity contribution in [2.75, 3.05) is 6.54 Å². The van der Waals surface area contributed by atoms with Crippen LogP contribution in [0.2, 0.25) is 0 Å². The first kappa shape index (κ1) is 12.4. The van der Waals surface area contributed by atoms with Gasteiger partial charge in [0.1, 0.15) is 6.04 Å². The van der Waals surface area contributed by atoms with Crippen molar-refractivity contribution in [3.8, 4) is 0 Å². The minimum absolute atomic E-state index is 0.589. The molecule has 7 heteroatoms. The lowest BCUT2D eigenvalue weighted by Crippen LogP contribution is -2.46. The molecule has 80 valence electrons. The van der Waals surface area contributed by atoms with Gasteiger partial charge in [0.05, 0.1) is 12.5 Å². The molecule has 2 unspecified atom stereocenters. The highest BCUT2D eigenvalue weighted by Gasteiger charge is 2.29. The van der Waals surface area contributed by atoms with E-state index in [0.29, 0.717) is 0 Å². The third-order valence-corrected chi connectivity index (χ3v) is 1.63. The molecule has 0 aliphatic heterocycles. The summed E-state index contributed by atoms with van der Waals surface area (Å²) in [5.41, 5.74) is 0. The molecule has 2 atom stereocenters. The van der Waals surface area contributed by atoms with Crippen LogP contribution in [0.4, 0.5) is 0 Å². The van der Waals surface area contributed by atoms with Crippen LogP contribution in [-0.4, -0.2) is 45.8 Å². The van der Waals surface area contributed by atoms with E-state index in [1.165, 1.54) is 6.92 Å². The summed E-state index contributed by atoms with van der Waals surface area (Å²) in [6.45, 7) is 0.602. The van der Waals surface area contributed by atoms with E-state index in [0.717, 1.165) is 0 Å². The largest absolute Gasteiger partial charge is 0.481 e. The second-order valence-corrected chi connectivity index (χ2v) is 2.72. The Labute approximate surface area is 79.3 Å². The molecular formula is C7H11NO6. The Hall–Kier alpha value is -1.63. The first-order valence-electron chi connectivity index (χ1n) is 3.77. The SMILES string of the molecule is CC(C(=O)O)C(NCC(=O)O)C(=O)O. The predicted octanol–water partition coefficient (Wildman–Crippen LogP) is -1.17. The molecule has 14 heavy (non-hydrogen) atoms. The van der Waals surface area contributed by atoms with Crippen LogP contribution in [0, 0.1) is 5.92 Å². The molecule has 0 heterocycles. The van der Waals surface area contributed by atoms with Crippen LogP contribution in [0.15, 0.2) is 0 Å². The van der Waals surface area contributed by atoms with Gasteiger partial charge in [0.25, 0.3) is 0 Å². The van der Waals surface area contributed by atoms with E-state index in [-0.39, 0.29) is 0 Å². The van der Waals surface area contributed by atoms with Gasteiger partial charge < -0.3 is 15.3 Å². The standard InChI is InChI=1S/C7H11NO6/c1-3(6(11)12)5(7(13)14)8-2-4(9)10/h3,5,8H,2H2,1H3,(H,9,10)(H,11,12)(H,13,14). The second kappa shape index (κ2) is 5.18. The molecule has 0 rings (SSSR count). The van der Waals surface area contributed by atoms with E-state index < -0.39 is 36.4 Å². The number of aliphatic carboxylic acids is 3. The summed E-state index contributed by atoms with van der Waals surface area (Å²) in [5.74, 6) is -5.11. The molecule has 0 aromatic rings. The maximum Gasteiger partial charge on any atom is 0.321 e. The smallest absolute Gasteiger partial charge is 0.321 e. The van der Waals surface area contributed by atoms with Gasteiger partial charge in [0.15, 0.2) is 0 Å². The fourth-order valence-electron chi connectivity index (χ4n) is 0.818. The fraction of sp³-hybridized carbons (Fsp3) is 0.571. The molecule has 0 spiro atoms. The molecule has 0 amide bonds. The second-order valence-electron chi connectivity index (χ2n) is 2.72. The highest BCUT2D eigenvalue weighted by Crippen LogP contribution is 2.03. The zero-order valence-electron chi connectivity index (χ0n) is 7.43. The van der Waals surface area contributed by atoms with Crippen LogP contribution in [0.5, 0.6) is 0 Å². The number of hydrogen-bond acceptors (Lipinski definition) is 4. The quantitative estimate of drug-likeness (QED) is 0.430. The minimum Gasteiger partial charge on any atom is -0.481 e. The van der Waals surface area contributed by atoms with Gasteiger partial charge in [-0.2, -0.15) is 0 Å². The minimum atomic E-state index is -1.40. The van der Waals surface area contributed by atoms with Crippen LogP contribution >= 0.6 is 0 Å². The summed E-state index contributed by atoms with van der Waals surface area (Å²) >= 11 is 0. The first-order chi connectivity index (χ1) is 6.36. The predicted molar refractivity (Wildman–Crippen MR) is 43.9 cm³/mol. The van der Waals surface area contributed by atoms with Crippen molar-refractivity contribution in [2.24, 2.45) is 5.92 Å². The van der Waals surface area contributed by atoms with E-state index in [1.54, 1.807) is 0 Å². The highest BCUT2D eigenvalue weighted by atomic mass is 16.4. The van der Waals surface area contributed by atoms with Crippen LogP contribution in [0.3, 0.4) is 0 Å². The number of carboxylic acid groups (broad SMARTS) is 3. The van der Waals surface area contributed by atoms with Gasteiger partial charge in [-0.3, -0.25) is 19.7 Å². The Balaban J connectivity index is 4.37. The molecule has 0 aliphatic carbocycles. The van der Waals surface area contributed by atoms with Crippen LogP contribution in [-0.2, 0) is 14.4 Å². The van der Waals surface area contributed by atoms with Gasteiger partial charge in [-0.05, 0) is 6.92 Å². The summed E-state index contributed by atoms with van der Waals surface area (Å²) in [6, 6.07) is -1.40. The number of carboxylic acids is 3. The number of hydrogen-bond donors (Lipinski definition) is 4. The third-order valence-electron chi connectivity index (χ3n) is 1.63. The average Bonchev–Trinajstić information content (AvgIpc) is 2.02. The number of carbonyl (C=O) groups is 3. The summed E-state index contributed by atoms with van der Waals surface area (Å²) in [5, 5.41) is 27.5. The van der Waals surface area contributed by atoms with Crippen molar-refractivity contribution in [1.29, 1.82) is 0 Å². The molecular weight excluding hydrogens is 194 g/mol. The van der Waals surface area contributed by atoms with Crippen molar-refractivity contribution in [1.82, 2.24) is 5.32 Å². The number of rotatable bonds is 6. The van der Waals surface area contributed by atoms with E-state index in [9.17, 15) is 14.4 Å². The summed E-state index contributed by atoms with van der Waals surface area (Å²) in [7, 11) is 0. The topological polar surface area (TPSA) is 124 Å². The Morgan fingerprint density at radius 2 is 1.64 bits per heavy atom. The molecule has 0 aromatic carbocycles. The fourth-order valence-corrected chi connectivity index (χ4v) is 0.818. The van der Waals surface area contributed by atoms with Gasteiger partial charge in [0, 0.05) is 0 Å². The van der Waals surface area contributed by atoms with Crippen molar-refractivity contribution in [3.05, 3.63) is 0 Å². The van der Waals surface area contributed by atoms with Crippen molar-refractivity contribution >= 4 is 17.9 Å². The zero-order chi connectivity index (χ0) is 11.3. The summed E-state index contributed by atoms with van der Waals surface area (Å²) in [6.07, 6.45) is 0. The van der Waals surface area contributed by atoms with Crippen LogP contribution in [0.1, 0.15) is 6.92 Å². The lowest BCUT2D eigenvalue weighted by atomic mass is 10.0.